The topological polar surface area (TPSA) is 32.3 Å². The Morgan fingerprint density at radius 1 is 1.25 bits per heavy atom. The van der Waals surface area contributed by atoms with E-state index in [1.807, 2.05) is 24.4 Å². The zero-order valence-electron chi connectivity index (χ0n) is 14.5. The van der Waals surface area contributed by atoms with Crippen molar-refractivity contribution < 1.29 is 4.79 Å². The van der Waals surface area contributed by atoms with Gasteiger partial charge >= 0.3 is 0 Å². The highest BCUT2D eigenvalue weighted by molar-refractivity contribution is 7.10. The molecule has 4 heteroatoms. The zero-order valence-corrected chi connectivity index (χ0v) is 15.3. The summed E-state index contributed by atoms with van der Waals surface area (Å²) in [4.78, 5) is 15.7. The highest BCUT2D eigenvalue weighted by Crippen LogP contribution is 2.24. The van der Waals surface area contributed by atoms with E-state index in [1.165, 1.54) is 18.5 Å². The minimum Gasteiger partial charge on any atom is -0.372 e. The standard InChI is InChI=1S/C20H26N2OS/c1-15-9-11-22(12-10-15)18-7-5-17(6-8-18)16(2)21-20(23)14-19-4-3-13-24-19/h3-8,13,15-16H,9-12,14H2,1-2H3,(H,21,23). The lowest BCUT2D eigenvalue weighted by Gasteiger charge is -2.32. The largest absolute Gasteiger partial charge is 0.372 e. The van der Waals surface area contributed by atoms with Crippen LogP contribution in [0.3, 0.4) is 0 Å². The number of benzene rings is 1. The van der Waals surface area contributed by atoms with Crippen LogP contribution in [0.1, 0.15) is 43.2 Å². The average molecular weight is 343 g/mol. The summed E-state index contributed by atoms with van der Waals surface area (Å²) in [5.41, 5.74) is 2.45. The van der Waals surface area contributed by atoms with Crippen LogP contribution in [0.15, 0.2) is 41.8 Å². The third kappa shape index (κ3) is 4.38. The second-order valence-electron chi connectivity index (χ2n) is 6.81. The van der Waals surface area contributed by atoms with Gasteiger partial charge in [0.1, 0.15) is 0 Å². The molecule has 0 radical (unpaired) electrons. The fourth-order valence-electron chi connectivity index (χ4n) is 3.19. The van der Waals surface area contributed by atoms with Gasteiger partial charge in [0.05, 0.1) is 12.5 Å². The number of carbonyl (C=O) groups excluding carboxylic acids is 1. The molecular weight excluding hydrogens is 316 g/mol. The SMILES string of the molecule is CC1CCN(c2ccc(C(C)NC(=O)Cc3cccs3)cc2)CC1. The molecule has 1 saturated heterocycles. The molecule has 1 atom stereocenters. The predicted molar refractivity (Wildman–Crippen MR) is 102 cm³/mol. The minimum atomic E-state index is 0.0351. The van der Waals surface area contributed by atoms with Gasteiger partial charge in [0.25, 0.3) is 0 Å². The lowest BCUT2D eigenvalue weighted by Crippen LogP contribution is -2.32. The Hall–Kier alpha value is -1.81. The number of thiophene rings is 1. The number of rotatable bonds is 5. The summed E-state index contributed by atoms with van der Waals surface area (Å²) >= 11 is 1.63. The van der Waals surface area contributed by atoms with E-state index < -0.39 is 0 Å². The highest BCUT2D eigenvalue weighted by Gasteiger charge is 2.16. The van der Waals surface area contributed by atoms with Gasteiger partial charge < -0.3 is 10.2 Å². The van der Waals surface area contributed by atoms with E-state index in [2.05, 4.69) is 41.4 Å². The lowest BCUT2D eigenvalue weighted by molar-refractivity contribution is -0.121. The quantitative estimate of drug-likeness (QED) is 0.873. The third-order valence-corrected chi connectivity index (χ3v) is 5.71. The van der Waals surface area contributed by atoms with E-state index in [9.17, 15) is 4.79 Å². The van der Waals surface area contributed by atoms with Gasteiger partial charge in [-0.1, -0.05) is 25.1 Å². The number of anilines is 1. The van der Waals surface area contributed by atoms with Crippen molar-refractivity contribution in [1.82, 2.24) is 5.32 Å². The van der Waals surface area contributed by atoms with Crippen LogP contribution in [0.2, 0.25) is 0 Å². The monoisotopic (exact) mass is 342 g/mol. The van der Waals surface area contributed by atoms with Crippen molar-refractivity contribution in [2.24, 2.45) is 5.92 Å². The normalized spacial score (nSPS) is 16.8. The minimum absolute atomic E-state index is 0.0351. The first-order valence-electron chi connectivity index (χ1n) is 8.78. The fourth-order valence-corrected chi connectivity index (χ4v) is 3.89. The summed E-state index contributed by atoms with van der Waals surface area (Å²) in [6.45, 7) is 6.67. The fraction of sp³-hybridized carbons (Fsp3) is 0.450. The van der Waals surface area contributed by atoms with E-state index >= 15 is 0 Å². The summed E-state index contributed by atoms with van der Waals surface area (Å²) in [6.07, 6.45) is 3.01. The van der Waals surface area contributed by atoms with Gasteiger partial charge in [0.2, 0.25) is 5.91 Å². The molecule has 24 heavy (non-hydrogen) atoms. The highest BCUT2D eigenvalue weighted by atomic mass is 32.1. The number of piperidine rings is 1. The van der Waals surface area contributed by atoms with Gasteiger partial charge in [-0.15, -0.1) is 11.3 Å². The Bertz CT molecular complexity index is 643. The third-order valence-electron chi connectivity index (χ3n) is 4.83. The van der Waals surface area contributed by atoms with Crippen molar-refractivity contribution >= 4 is 22.9 Å². The molecule has 3 nitrogen and oxygen atoms in total. The van der Waals surface area contributed by atoms with Crippen molar-refractivity contribution in [3.8, 4) is 0 Å². The molecule has 2 aromatic rings. The molecule has 1 aromatic carbocycles. The second kappa shape index (κ2) is 7.84. The number of hydrogen-bond acceptors (Lipinski definition) is 3. The van der Waals surface area contributed by atoms with Gasteiger partial charge in [-0.3, -0.25) is 4.79 Å². The summed E-state index contributed by atoms with van der Waals surface area (Å²) < 4.78 is 0. The number of hydrogen-bond donors (Lipinski definition) is 1. The molecule has 0 aliphatic carbocycles. The molecule has 1 aliphatic rings. The lowest BCUT2D eigenvalue weighted by atomic mass is 9.98. The Labute approximate surface area is 148 Å². The molecule has 1 fully saturated rings. The molecule has 0 saturated carbocycles. The molecule has 2 heterocycles. The van der Waals surface area contributed by atoms with Gasteiger partial charge in [-0.25, -0.2) is 0 Å². The Balaban J connectivity index is 1.55. The molecule has 128 valence electrons. The maximum atomic E-state index is 12.1. The molecule has 1 N–H and O–H groups in total. The molecule has 1 aromatic heterocycles. The van der Waals surface area contributed by atoms with Crippen LogP contribution in [-0.4, -0.2) is 19.0 Å². The predicted octanol–water partition coefficient (Wildman–Crippen LogP) is 4.40. The van der Waals surface area contributed by atoms with Gasteiger partial charge in [0, 0.05) is 23.7 Å². The molecule has 1 amide bonds. The van der Waals surface area contributed by atoms with Crippen LogP contribution < -0.4 is 10.2 Å². The first kappa shape index (κ1) is 17.0. The summed E-state index contributed by atoms with van der Waals surface area (Å²) in [5, 5.41) is 5.10. The van der Waals surface area contributed by atoms with Crippen molar-refractivity contribution in [2.45, 2.75) is 39.2 Å². The van der Waals surface area contributed by atoms with E-state index in [4.69, 9.17) is 0 Å². The summed E-state index contributed by atoms with van der Waals surface area (Å²) in [6, 6.07) is 12.7. The number of amides is 1. The van der Waals surface area contributed by atoms with Gasteiger partial charge in [-0.2, -0.15) is 0 Å². The summed E-state index contributed by atoms with van der Waals surface area (Å²) in [7, 11) is 0. The smallest absolute Gasteiger partial charge is 0.225 e. The summed E-state index contributed by atoms with van der Waals surface area (Å²) in [5.74, 6) is 0.929. The maximum Gasteiger partial charge on any atom is 0.225 e. The Kier molecular flexibility index (Phi) is 5.56. The molecular formula is C20H26N2OS. The number of nitrogens with zero attached hydrogens (tertiary/aromatic N) is 1. The number of carbonyl (C=O) groups is 1. The van der Waals surface area contributed by atoms with E-state index in [-0.39, 0.29) is 11.9 Å². The molecule has 3 rings (SSSR count). The Morgan fingerprint density at radius 3 is 2.58 bits per heavy atom. The van der Waals surface area contributed by atoms with E-state index in [0.717, 1.165) is 29.4 Å². The molecule has 0 bridgehead atoms. The van der Waals surface area contributed by atoms with Crippen molar-refractivity contribution in [1.29, 1.82) is 0 Å². The van der Waals surface area contributed by atoms with Crippen LogP contribution in [0.5, 0.6) is 0 Å². The Morgan fingerprint density at radius 2 is 1.96 bits per heavy atom. The zero-order chi connectivity index (χ0) is 16.9. The van der Waals surface area contributed by atoms with Gasteiger partial charge in [0.15, 0.2) is 0 Å². The van der Waals surface area contributed by atoms with Crippen LogP contribution in [0.4, 0.5) is 5.69 Å². The van der Waals surface area contributed by atoms with Crippen LogP contribution >= 0.6 is 11.3 Å². The average Bonchev–Trinajstić information content (AvgIpc) is 3.08. The van der Waals surface area contributed by atoms with E-state index in [0.29, 0.717) is 6.42 Å². The van der Waals surface area contributed by atoms with Crippen molar-refractivity contribution in [2.75, 3.05) is 18.0 Å². The van der Waals surface area contributed by atoms with Crippen LogP contribution in [0, 0.1) is 5.92 Å². The number of nitrogens with one attached hydrogen (secondary N) is 1. The van der Waals surface area contributed by atoms with Gasteiger partial charge in [-0.05, 0) is 54.8 Å². The molecule has 0 spiro atoms. The van der Waals surface area contributed by atoms with Crippen molar-refractivity contribution in [3.63, 3.8) is 0 Å². The molecule has 1 unspecified atom stereocenters. The van der Waals surface area contributed by atoms with Crippen molar-refractivity contribution in [3.05, 3.63) is 52.2 Å². The second-order valence-corrected chi connectivity index (χ2v) is 7.84. The first-order valence-corrected chi connectivity index (χ1v) is 9.66. The first-order chi connectivity index (χ1) is 11.6. The van der Waals surface area contributed by atoms with Crippen LogP contribution in [-0.2, 0) is 11.2 Å². The van der Waals surface area contributed by atoms with E-state index in [1.54, 1.807) is 11.3 Å². The molecule has 1 aliphatic heterocycles. The maximum absolute atomic E-state index is 12.1. The van der Waals surface area contributed by atoms with Crippen LogP contribution in [0.25, 0.3) is 0 Å².